The summed E-state index contributed by atoms with van der Waals surface area (Å²) in [7, 11) is 0. The molecular formula is C24H21N3O2. The predicted molar refractivity (Wildman–Crippen MR) is 113 cm³/mol. The molecule has 5 heteroatoms. The number of imidazole rings is 1. The molecule has 0 saturated heterocycles. The molecule has 0 unspecified atom stereocenters. The van der Waals surface area contributed by atoms with Crippen molar-refractivity contribution in [2.24, 2.45) is 0 Å². The van der Waals surface area contributed by atoms with Crippen LogP contribution in [0.25, 0.3) is 33.7 Å². The number of carboxylic acids is 1. The van der Waals surface area contributed by atoms with E-state index in [0.29, 0.717) is 17.1 Å². The second-order valence-corrected chi connectivity index (χ2v) is 7.60. The Labute approximate surface area is 168 Å². The van der Waals surface area contributed by atoms with Crippen LogP contribution in [0.15, 0.2) is 60.8 Å². The van der Waals surface area contributed by atoms with E-state index in [9.17, 15) is 9.90 Å². The molecule has 0 amide bonds. The van der Waals surface area contributed by atoms with Gasteiger partial charge in [-0.1, -0.05) is 49.2 Å². The number of carboxylic acid groups (broad SMARTS) is 1. The lowest BCUT2D eigenvalue weighted by molar-refractivity contribution is 0.0695. The standard InChI is InChI=1S/C24H21N3O2/c28-24(29)19-11-10-17(14-20(19)15-6-4-5-7-15)18-12-13-25-23-21(18)26-22(27-23)16-8-2-1-3-9-16/h1-3,8-15H,4-7H2,(H,28,29)(H,25,26,27). The van der Waals surface area contributed by atoms with Crippen LogP contribution < -0.4 is 0 Å². The molecule has 144 valence electrons. The molecule has 1 aliphatic carbocycles. The molecule has 0 aliphatic heterocycles. The van der Waals surface area contributed by atoms with E-state index >= 15 is 0 Å². The zero-order chi connectivity index (χ0) is 19.8. The molecular weight excluding hydrogens is 362 g/mol. The van der Waals surface area contributed by atoms with Crippen molar-refractivity contribution in [1.82, 2.24) is 15.0 Å². The molecule has 4 aromatic rings. The summed E-state index contributed by atoms with van der Waals surface area (Å²) in [6.45, 7) is 0. The Morgan fingerprint density at radius 3 is 2.55 bits per heavy atom. The average Bonchev–Trinajstić information content (AvgIpc) is 3.43. The molecule has 0 radical (unpaired) electrons. The highest BCUT2D eigenvalue weighted by Gasteiger charge is 2.23. The van der Waals surface area contributed by atoms with Crippen molar-refractivity contribution >= 4 is 17.1 Å². The lowest BCUT2D eigenvalue weighted by atomic mass is 9.89. The number of aromatic nitrogens is 3. The summed E-state index contributed by atoms with van der Waals surface area (Å²) in [5, 5.41) is 9.66. The van der Waals surface area contributed by atoms with Gasteiger partial charge in [0.15, 0.2) is 5.65 Å². The third-order valence-electron chi connectivity index (χ3n) is 5.83. The van der Waals surface area contributed by atoms with Crippen LogP contribution in [0, 0.1) is 0 Å². The highest BCUT2D eigenvalue weighted by atomic mass is 16.4. The van der Waals surface area contributed by atoms with Gasteiger partial charge in [0.1, 0.15) is 5.82 Å². The van der Waals surface area contributed by atoms with Crippen LogP contribution in [-0.2, 0) is 0 Å². The first kappa shape index (κ1) is 17.6. The van der Waals surface area contributed by atoms with Gasteiger partial charge in [0.05, 0.1) is 11.1 Å². The van der Waals surface area contributed by atoms with E-state index < -0.39 is 5.97 Å². The first-order valence-corrected chi connectivity index (χ1v) is 9.98. The van der Waals surface area contributed by atoms with Crippen molar-refractivity contribution in [2.75, 3.05) is 0 Å². The lowest BCUT2D eigenvalue weighted by Crippen LogP contribution is -2.05. The number of aromatic carboxylic acids is 1. The molecule has 2 N–H and O–H groups in total. The number of nitrogens with zero attached hydrogens (tertiary/aromatic N) is 2. The van der Waals surface area contributed by atoms with Crippen molar-refractivity contribution in [1.29, 1.82) is 0 Å². The lowest BCUT2D eigenvalue weighted by Gasteiger charge is -2.15. The second-order valence-electron chi connectivity index (χ2n) is 7.60. The minimum Gasteiger partial charge on any atom is -0.478 e. The third-order valence-corrected chi connectivity index (χ3v) is 5.83. The van der Waals surface area contributed by atoms with E-state index in [1.54, 1.807) is 12.3 Å². The molecule has 29 heavy (non-hydrogen) atoms. The van der Waals surface area contributed by atoms with Gasteiger partial charge in [0.25, 0.3) is 0 Å². The number of pyridine rings is 1. The quantitative estimate of drug-likeness (QED) is 0.477. The number of hydrogen-bond donors (Lipinski definition) is 2. The maximum absolute atomic E-state index is 11.8. The molecule has 0 spiro atoms. The van der Waals surface area contributed by atoms with Crippen molar-refractivity contribution < 1.29 is 9.90 Å². The second kappa shape index (κ2) is 7.17. The Morgan fingerprint density at radius 2 is 1.79 bits per heavy atom. The van der Waals surface area contributed by atoms with Crippen LogP contribution in [0.2, 0.25) is 0 Å². The number of aromatic amines is 1. The van der Waals surface area contributed by atoms with Gasteiger partial charge in [-0.3, -0.25) is 0 Å². The van der Waals surface area contributed by atoms with Crippen LogP contribution in [0.4, 0.5) is 0 Å². The van der Waals surface area contributed by atoms with Crippen molar-refractivity contribution in [2.45, 2.75) is 31.6 Å². The van der Waals surface area contributed by atoms with Gasteiger partial charge < -0.3 is 10.1 Å². The zero-order valence-electron chi connectivity index (χ0n) is 15.9. The summed E-state index contributed by atoms with van der Waals surface area (Å²) in [5.74, 6) is 0.241. The molecule has 0 atom stereocenters. The van der Waals surface area contributed by atoms with Crippen LogP contribution in [-0.4, -0.2) is 26.0 Å². The Bertz CT molecular complexity index is 1190. The highest BCUT2D eigenvalue weighted by Crippen LogP contribution is 2.38. The molecule has 2 aromatic carbocycles. The molecule has 0 bridgehead atoms. The van der Waals surface area contributed by atoms with Crippen molar-refractivity contribution in [3.05, 3.63) is 71.9 Å². The normalized spacial score (nSPS) is 14.5. The van der Waals surface area contributed by atoms with Gasteiger partial charge in [-0.05, 0) is 48.1 Å². The number of hydrogen-bond acceptors (Lipinski definition) is 3. The fourth-order valence-corrected chi connectivity index (χ4v) is 4.38. The van der Waals surface area contributed by atoms with Crippen LogP contribution in [0.5, 0.6) is 0 Å². The smallest absolute Gasteiger partial charge is 0.335 e. The summed E-state index contributed by atoms with van der Waals surface area (Å²) < 4.78 is 0. The topological polar surface area (TPSA) is 78.9 Å². The van der Waals surface area contributed by atoms with Gasteiger partial charge in [-0.25, -0.2) is 14.8 Å². The number of fused-ring (bicyclic) bond motifs is 1. The Hall–Kier alpha value is -3.47. The van der Waals surface area contributed by atoms with Gasteiger partial charge >= 0.3 is 5.97 Å². The van der Waals surface area contributed by atoms with E-state index in [2.05, 4.69) is 21.0 Å². The third kappa shape index (κ3) is 3.18. The Kier molecular flexibility index (Phi) is 4.35. The van der Waals surface area contributed by atoms with Crippen molar-refractivity contribution in [3.8, 4) is 22.5 Å². The summed E-state index contributed by atoms with van der Waals surface area (Å²) in [6.07, 6.45) is 6.19. The molecule has 5 rings (SSSR count). The monoisotopic (exact) mass is 383 g/mol. The van der Waals surface area contributed by atoms with Gasteiger partial charge in [-0.2, -0.15) is 0 Å². The summed E-state index contributed by atoms with van der Waals surface area (Å²) in [6, 6.07) is 17.6. The minimum atomic E-state index is -0.855. The summed E-state index contributed by atoms with van der Waals surface area (Å²) in [4.78, 5) is 24.3. The first-order valence-electron chi connectivity index (χ1n) is 9.98. The molecule has 2 heterocycles. The summed E-state index contributed by atoms with van der Waals surface area (Å²) in [5.41, 5.74) is 5.87. The number of rotatable bonds is 4. The first-order chi connectivity index (χ1) is 14.2. The fraction of sp³-hybridized carbons (Fsp3) is 0.208. The van der Waals surface area contributed by atoms with Gasteiger partial charge in [-0.15, -0.1) is 0 Å². The Morgan fingerprint density at radius 1 is 1.00 bits per heavy atom. The van der Waals surface area contributed by atoms with Crippen LogP contribution in [0.1, 0.15) is 47.5 Å². The van der Waals surface area contributed by atoms with Crippen LogP contribution in [0.3, 0.4) is 0 Å². The molecule has 5 nitrogen and oxygen atoms in total. The molecule has 1 saturated carbocycles. The number of H-pyrrole nitrogens is 1. The van der Waals surface area contributed by atoms with E-state index in [-0.39, 0.29) is 0 Å². The van der Waals surface area contributed by atoms with E-state index in [1.165, 1.54) is 0 Å². The van der Waals surface area contributed by atoms with E-state index in [0.717, 1.165) is 59.3 Å². The maximum Gasteiger partial charge on any atom is 0.335 e. The molecule has 1 fully saturated rings. The van der Waals surface area contributed by atoms with Gasteiger partial charge in [0, 0.05) is 17.3 Å². The number of benzene rings is 2. The number of nitrogens with one attached hydrogen (secondary N) is 1. The molecule has 1 aliphatic rings. The van der Waals surface area contributed by atoms with Crippen LogP contribution >= 0.6 is 0 Å². The predicted octanol–water partition coefficient (Wildman–Crippen LogP) is 5.65. The minimum absolute atomic E-state index is 0.319. The van der Waals surface area contributed by atoms with Gasteiger partial charge in [0.2, 0.25) is 0 Å². The highest BCUT2D eigenvalue weighted by molar-refractivity contribution is 5.94. The zero-order valence-corrected chi connectivity index (χ0v) is 15.9. The fourth-order valence-electron chi connectivity index (χ4n) is 4.38. The summed E-state index contributed by atoms with van der Waals surface area (Å²) >= 11 is 0. The number of carbonyl (C=O) groups is 1. The van der Waals surface area contributed by atoms with E-state index in [1.807, 2.05) is 42.5 Å². The largest absolute Gasteiger partial charge is 0.478 e. The average molecular weight is 383 g/mol. The van der Waals surface area contributed by atoms with E-state index in [4.69, 9.17) is 0 Å². The maximum atomic E-state index is 11.8. The SMILES string of the molecule is O=C(O)c1ccc(-c2ccnc3nc(-c4ccccc4)[nH]c23)cc1C1CCCC1. The Balaban J connectivity index is 1.64. The molecule has 2 aromatic heterocycles. The van der Waals surface area contributed by atoms with Crippen molar-refractivity contribution in [3.63, 3.8) is 0 Å².